The number of esters is 2. The fraction of sp³-hybridized carbons (Fsp3) is 0.927. The van der Waals surface area contributed by atoms with Gasteiger partial charge in [-0.05, 0) is 38.5 Å². The van der Waals surface area contributed by atoms with Gasteiger partial charge in [0.15, 0.2) is 6.10 Å². The Bertz CT molecular complexity index is 1110. The van der Waals surface area contributed by atoms with Gasteiger partial charge in [-0.3, -0.25) is 14.2 Å². The lowest BCUT2D eigenvalue weighted by Gasteiger charge is -2.28. The molecule has 10 heteroatoms. The van der Waals surface area contributed by atoms with E-state index in [1.54, 1.807) is 0 Å². The van der Waals surface area contributed by atoms with Gasteiger partial charge in [0.05, 0.1) is 27.7 Å². The van der Waals surface area contributed by atoms with Crippen LogP contribution in [0.15, 0.2) is 12.2 Å². The predicted octanol–water partition coefficient (Wildman–Crippen LogP) is 16.2. The zero-order valence-electron chi connectivity index (χ0n) is 43.7. The third-order valence-electron chi connectivity index (χ3n) is 12.5. The largest absolute Gasteiger partial charge is 0.756 e. The van der Waals surface area contributed by atoms with Gasteiger partial charge in [0, 0.05) is 12.8 Å². The van der Waals surface area contributed by atoms with E-state index in [9.17, 15) is 19.0 Å². The van der Waals surface area contributed by atoms with Gasteiger partial charge in [0.1, 0.15) is 19.8 Å². The molecule has 0 saturated heterocycles. The lowest BCUT2D eigenvalue weighted by atomic mass is 10.0. The lowest BCUT2D eigenvalue weighted by Crippen LogP contribution is -2.37. The molecular formula is C55H108NO8P. The highest BCUT2D eigenvalue weighted by molar-refractivity contribution is 7.45. The summed E-state index contributed by atoms with van der Waals surface area (Å²) in [7, 11) is 1.17. The number of rotatable bonds is 52. The normalized spacial score (nSPS) is 13.4. The summed E-state index contributed by atoms with van der Waals surface area (Å²) in [5, 5.41) is 0. The Balaban J connectivity index is 3.98. The van der Waals surface area contributed by atoms with E-state index in [2.05, 4.69) is 26.0 Å². The van der Waals surface area contributed by atoms with Gasteiger partial charge in [0.25, 0.3) is 7.82 Å². The molecule has 2 unspecified atom stereocenters. The quantitative estimate of drug-likeness (QED) is 0.0195. The summed E-state index contributed by atoms with van der Waals surface area (Å²) in [4.78, 5) is 37.7. The maximum absolute atomic E-state index is 12.7. The van der Waals surface area contributed by atoms with Crippen molar-refractivity contribution < 1.29 is 42.1 Å². The maximum Gasteiger partial charge on any atom is 0.306 e. The number of hydrogen-bond acceptors (Lipinski definition) is 8. The molecule has 0 heterocycles. The fourth-order valence-corrected chi connectivity index (χ4v) is 8.91. The number of hydrogen-bond donors (Lipinski definition) is 0. The number of allylic oxidation sites excluding steroid dienone is 2. The molecular weight excluding hydrogens is 834 g/mol. The van der Waals surface area contributed by atoms with Crippen LogP contribution in [0.5, 0.6) is 0 Å². The topological polar surface area (TPSA) is 111 Å². The third kappa shape index (κ3) is 52.0. The minimum Gasteiger partial charge on any atom is -0.756 e. The van der Waals surface area contributed by atoms with Crippen molar-refractivity contribution in [3.8, 4) is 0 Å². The van der Waals surface area contributed by atoms with Crippen LogP contribution in [0.4, 0.5) is 0 Å². The lowest BCUT2D eigenvalue weighted by molar-refractivity contribution is -0.870. The number of carbonyl (C=O) groups is 2. The van der Waals surface area contributed by atoms with Crippen LogP contribution >= 0.6 is 7.82 Å². The molecule has 0 fully saturated rings. The van der Waals surface area contributed by atoms with Gasteiger partial charge < -0.3 is 27.9 Å². The molecule has 65 heavy (non-hydrogen) atoms. The molecule has 0 amide bonds. The molecule has 0 aromatic heterocycles. The van der Waals surface area contributed by atoms with Crippen molar-refractivity contribution in [2.45, 2.75) is 283 Å². The minimum atomic E-state index is -4.63. The van der Waals surface area contributed by atoms with E-state index >= 15 is 0 Å². The van der Waals surface area contributed by atoms with E-state index in [1.165, 1.54) is 186 Å². The number of quaternary nitrogens is 1. The van der Waals surface area contributed by atoms with E-state index in [1.807, 2.05) is 21.1 Å². The SMILES string of the molecule is CCCCC/C=C\CCCCCCCC(=O)OC(COC(=O)CCCCCCCCCCCCCCCCCCCCCCCCCCCCCCC)COP(=O)([O-])OCC[N+](C)(C)C. The van der Waals surface area contributed by atoms with Crippen LogP contribution in [0.25, 0.3) is 0 Å². The molecule has 0 spiro atoms. The van der Waals surface area contributed by atoms with Gasteiger partial charge in [-0.15, -0.1) is 0 Å². The second-order valence-corrected chi connectivity index (χ2v) is 21.7. The Morgan fingerprint density at radius 3 is 1.17 bits per heavy atom. The number of phosphoric ester groups is 1. The molecule has 2 atom stereocenters. The molecule has 386 valence electrons. The third-order valence-corrected chi connectivity index (χ3v) is 13.5. The zero-order chi connectivity index (χ0) is 47.8. The predicted molar refractivity (Wildman–Crippen MR) is 273 cm³/mol. The molecule has 0 rings (SSSR count). The molecule has 0 aromatic rings. The van der Waals surface area contributed by atoms with Crippen LogP contribution in [-0.2, 0) is 32.7 Å². The van der Waals surface area contributed by atoms with Crippen LogP contribution < -0.4 is 4.89 Å². The van der Waals surface area contributed by atoms with Gasteiger partial charge in [-0.2, -0.15) is 0 Å². The number of likely N-dealkylation sites (N-methyl/N-ethyl adjacent to an activating group) is 1. The molecule has 9 nitrogen and oxygen atoms in total. The highest BCUT2D eigenvalue weighted by Gasteiger charge is 2.22. The van der Waals surface area contributed by atoms with Gasteiger partial charge >= 0.3 is 11.9 Å². The van der Waals surface area contributed by atoms with Crippen molar-refractivity contribution in [3.63, 3.8) is 0 Å². The van der Waals surface area contributed by atoms with Gasteiger partial charge in [0.2, 0.25) is 0 Å². The van der Waals surface area contributed by atoms with Crippen LogP contribution in [0.3, 0.4) is 0 Å². The first-order valence-electron chi connectivity index (χ1n) is 27.9. The van der Waals surface area contributed by atoms with E-state index in [-0.39, 0.29) is 32.0 Å². The molecule has 0 aliphatic carbocycles. The first-order valence-corrected chi connectivity index (χ1v) is 29.4. The summed E-state index contributed by atoms with van der Waals surface area (Å²) >= 11 is 0. The van der Waals surface area contributed by atoms with Crippen LogP contribution in [0.2, 0.25) is 0 Å². The molecule has 0 N–H and O–H groups in total. The smallest absolute Gasteiger partial charge is 0.306 e. The Labute approximate surface area is 403 Å². The Morgan fingerprint density at radius 1 is 0.462 bits per heavy atom. The van der Waals surface area contributed by atoms with Crippen molar-refractivity contribution in [1.29, 1.82) is 0 Å². The van der Waals surface area contributed by atoms with E-state index in [0.717, 1.165) is 57.8 Å². The van der Waals surface area contributed by atoms with Crippen molar-refractivity contribution in [2.75, 3.05) is 47.5 Å². The highest BCUT2D eigenvalue weighted by atomic mass is 31.2. The number of phosphoric acid groups is 1. The van der Waals surface area contributed by atoms with Crippen LogP contribution in [0.1, 0.15) is 277 Å². The molecule has 0 radical (unpaired) electrons. The van der Waals surface area contributed by atoms with Crippen molar-refractivity contribution >= 4 is 19.8 Å². The Morgan fingerprint density at radius 2 is 0.785 bits per heavy atom. The van der Waals surface area contributed by atoms with Crippen LogP contribution in [0, 0.1) is 0 Å². The van der Waals surface area contributed by atoms with Crippen molar-refractivity contribution in [3.05, 3.63) is 12.2 Å². The van der Waals surface area contributed by atoms with Crippen molar-refractivity contribution in [1.82, 2.24) is 0 Å². The number of ether oxygens (including phenoxy) is 2. The summed E-state index contributed by atoms with van der Waals surface area (Å²) in [5.74, 6) is -0.830. The summed E-state index contributed by atoms with van der Waals surface area (Å²) < 4.78 is 34.0. The average Bonchev–Trinajstić information content (AvgIpc) is 3.26. The number of carbonyl (C=O) groups excluding carboxylic acids is 2. The summed E-state index contributed by atoms with van der Waals surface area (Å²) in [6, 6.07) is 0. The van der Waals surface area contributed by atoms with Gasteiger partial charge in [-0.1, -0.05) is 238 Å². The maximum atomic E-state index is 12.7. The van der Waals surface area contributed by atoms with E-state index in [4.69, 9.17) is 18.5 Å². The van der Waals surface area contributed by atoms with E-state index < -0.39 is 26.5 Å². The molecule has 0 aromatic carbocycles. The summed E-state index contributed by atoms with van der Waals surface area (Å²) in [5.41, 5.74) is 0. The molecule has 0 bridgehead atoms. The summed E-state index contributed by atoms with van der Waals surface area (Å²) in [6.07, 6.45) is 54.2. The molecule has 0 saturated carbocycles. The summed E-state index contributed by atoms with van der Waals surface area (Å²) in [6.45, 7) is 4.24. The first kappa shape index (κ1) is 63.8. The average molecular weight is 942 g/mol. The van der Waals surface area contributed by atoms with Crippen LogP contribution in [-0.4, -0.2) is 70.0 Å². The second kappa shape index (κ2) is 47.8. The highest BCUT2D eigenvalue weighted by Crippen LogP contribution is 2.38. The number of unbranched alkanes of at least 4 members (excludes halogenated alkanes) is 36. The standard InChI is InChI=1S/C55H108NO8P/c1-6-8-10-12-14-16-18-20-21-22-23-24-25-26-27-28-29-30-31-32-33-34-35-36-38-39-41-43-45-47-54(57)61-51-53(52-63-65(59,60)62-50-49-56(3,4)5)64-55(58)48-46-44-42-40-37-19-17-15-13-11-9-7-2/h15,17,53H,6-14,16,18-52H2,1-5H3/b17-15-. The molecule has 0 aliphatic heterocycles. The zero-order valence-corrected chi connectivity index (χ0v) is 44.6. The number of nitrogens with zero attached hydrogens (tertiary/aromatic N) is 1. The first-order chi connectivity index (χ1) is 31.5. The Kier molecular flexibility index (Phi) is 46.9. The Hall–Kier alpha value is -1.25. The molecule has 0 aliphatic rings. The van der Waals surface area contributed by atoms with Gasteiger partial charge in [-0.25, -0.2) is 0 Å². The van der Waals surface area contributed by atoms with E-state index in [0.29, 0.717) is 17.4 Å². The minimum absolute atomic E-state index is 0.0291. The second-order valence-electron chi connectivity index (χ2n) is 20.3. The van der Waals surface area contributed by atoms with Crippen molar-refractivity contribution in [2.24, 2.45) is 0 Å². The monoisotopic (exact) mass is 942 g/mol. The fourth-order valence-electron chi connectivity index (χ4n) is 8.18.